The van der Waals surface area contributed by atoms with Crippen molar-refractivity contribution in [3.05, 3.63) is 48.4 Å². The highest BCUT2D eigenvalue weighted by Gasteiger charge is 2.41. The normalized spacial score (nSPS) is 15.5. The number of nitrogens with zero attached hydrogens (tertiary/aromatic N) is 1. The third-order valence-electron chi connectivity index (χ3n) is 4.23. The van der Waals surface area contributed by atoms with E-state index in [4.69, 9.17) is 4.42 Å². The highest BCUT2D eigenvalue weighted by atomic mass is 16.3. The Morgan fingerprint density at radius 3 is 2.42 bits per heavy atom. The van der Waals surface area contributed by atoms with Crippen molar-refractivity contribution in [1.29, 1.82) is 5.26 Å². The predicted molar refractivity (Wildman–Crippen MR) is 88.2 cm³/mol. The molecule has 2 amide bonds. The van der Waals surface area contributed by atoms with E-state index in [2.05, 4.69) is 16.7 Å². The number of carbonyl (C=O) groups is 2. The molecule has 0 radical (unpaired) electrons. The molecule has 1 heterocycles. The van der Waals surface area contributed by atoms with Crippen LogP contribution in [0, 0.1) is 16.7 Å². The number of benzene rings is 1. The van der Waals surface area contributed by atoms with E-state index in [9.17, 15) is 14.9 Å². The van der Waals surface area contributed by atoms with Gasteiger partial charge < -0.3 is 15.1 Å². The van der Waals surface area contributed by atoms with Crippen LogP contribution in [0.1, 0.15) is 36.2 Å². The lowest BCUT2D eigenvalue weighted by molar-refractivity contribution is -0.122. The topological polar surface area (TPSA) is 95.1 Å². The molecule has 0 atom stereocenters. The summed E-state index contributed by atoms with van der Waals surface area (Å²) in [4.78, 5) is 24.4. The third kappa shape index (κ3) is 3.15. The van der Waals surface area contributed by atoms with E-state index in [1.165, 1.54) is 6.26 Å². The number of hydrogen-bond acceptors (Lipinski definition) is 4. The number of nitriles is 1. The van der Waals surface area contributed by atoms with Crippen LogP contribution in [0.3, 0.4) is 0 Å². The third-order valence-corrected chi connectivity index (χ3v) is 4.23. The average Bonchev–Trinajstić information content (AvgIpc) is 3.27. The smallest absolute Gasteiger partial charge is 0.291 e. The predicted octanol–water partition coefficient (Wildman–Crippen LogP) is 3.55. The second kappa shape index (κ2) is 6.59. The summed E-state index contributed by atoms with van der Waals surface area (Å²) in [7, 11) is 0. The lowest BCUT2D eigenvalue weighted by Crippen LogP contribution is -2.32. The Morgan fingerprint density at radius 1 is 1.08 bits per heavy atom. The van der Waals surface area contributed by atoms with E-state index in [1.807, 2.05) is 0 Å². The lowest BCUT2D eigenvalue weighted by Gasteiger charge is -2.19. The molecule has 0 spiro atoms. The molecule has 1 saturated carbocycles. The van der Waals surface area contributed by atoms with E-state index in [1.54, 1.807) is 36.4 Å². The molecule has 1 fully saturated rings. The Morgan fingerprint density at radius 2 is 1.79 bits per heavy atom. The Balaban J connectivity index is 1.70. The molecule has 1 aromatic carbocycles. The molecule has 3 rings (SSSR count). The van der Waals surface area contributed by atoms with Gasteiger partial charge >= 0.3 is 0 Å². The Kier molecular flexibility index (Phi) is 4.34. The summed E-state index contributed by atoms with van der Waals surface area (Å²) in [5, 5.41) is 14.9. The van der Waals surface area contributed by atoms with E-state index in [0.29, 0.717) is 24.2 Å². The van der Waals surface area contributed by atoms with Crippen LogP contribution in [0.15, 0.2) is 47.1 Å². The molecule has 24 heavy (non-hydrogen) atoms. The highest BCUT2D eigenvalue weighted by molar-refractivity contribution is 6.03. The number of furan rings is 1. The molecule has 0 bridgehead atoms. The van der Waals surface area contributed by atoms with Crippen LogP contribution in [0.25, 0.3) is 0 Å². The first-order valence-electron chi connectivity index (χ1n) is 7.81. The van der Waals surface area contributed by atoms with Gasteiger partial charge in [-0.1, -0.05) is 18.9 Å². The van der Waals surface area contributed by atoms with Gasteiger partial charge in [0.05, 0.1) is 12.3 Å². The number of nitrogens with one attached hydrogen (secondary N) is 2. The van der Waals surface area contributed by atoms with Crippen molar-refractivity contribution in [2.75, 3.05) is 10.6 Å². The van der Waals surface area contributed by atoms with Crippen molar-refractivity contribution in [3.63, 3.8) is 0 Å². The average molecular weight is 323 g/mol. The van der Waals surface area contributed by atoms with Gasteiger partial charge in [-0.3, -0.25) is 9.59 Å². The Labute approximate surface area is 139 Å². The SMILES string of the molecule is N#CC1(C(=O)Nc2cccc(NC(=O)c3ccco3)c2)CCCC1. The zero-order valence-corrected chi connectivity index (χ0v) is 13.0. The Bertz CT molecular complexity index is 784. The van der Waals surface area contributed by atoms with Crippen LogP contribution in [0.4, 0.5) is 11.4 Å². The second-order valence-corrected chi connectivity index (χ2v) is 5.87. The molecule has 6 nitrogen and oxygen atoms in total. The van der Waals surface area contributed by atoms with Gasteiger partial charge in [0.2, 0.25) is 5.91 Å². The Hall–Kier alpha value is -3.07. The van der Waals surface area contributed by atoms with Gasteiger partial charge in [-0.2, -0.15) is 5.26 Å². The minimum absolute atomic E-state index is 0.207. The van der Waals surface area contributed by atoms with Crippen LogP contribution in [-0.2, 0) is 4.79 Å². The van der Waals surface area contributed by atoms with Gasteiger partial charge in [-0.15, -0.1) is 0 Å². The molecule has 0 aliphatic heterocycles. The quantitative estimate of drug-likeness (QED) is 0.899. The summed E-state index contributed by atoms with van der Waals surface area (Å²) in [6.45, 7) is 0. The summed E-state index contributed by atoms with van der Waals surface area (Å²) in [5.41, 5.74) is 0.137. The van der Waals surface area contributed by atoms with Crippen LogP contribution in [0.2, 0.25) is 0 Å². The monoisotopic (exact) mass is 323 g/mol. The fourth-order valence-electron chi connectivity index (χ4n) is 2.89. The molecule has 6 heteroatoms. The summed E-state index contributed by atoms with van der Waals surface area (Å²) in [5.74, 6) is -0.441. The first-order chi connectivity index (χ1) is 11.6. The minimum atomic E-state index is -0.937. The lowest BCUT2D eigenvalue weighted by atomic mass is 9.87. The molecule has 122 valence electrons. The number of hydrogen-bond donors (Lipinski definition) is 2. The fourth-order valence-corrected chi connectivity index (χ4v) is 2.89. The summed E-state index contributed by atoms with van der Waals surface area (Å²) < 4.78 is 5.04. The fraction of sp³-hybridized carbons (Fsp3) is 0.278. The molecule has 2 N–H and O–H groups in total. The maximum Gasteiger partial charge on any atom is 0.291 e. The van der Waals surface area contributed by atoms with Gasteiger partial charge in [-0.05, 0) is 43.2 Å². The van der Waals surface area contributed by atoms with Gasteiger partial charge in [0.15, 0.2) is 5.76 Å². The summed E-state index contributed by atoms with van der Waals surface area (Å²) in [6.07, 6.45) is 4.38. The maximum absolute atomic E-state index is 12.5. The largest absolute Gasteiger partial charge is 0.459 e. The molecule has 1 aliphatic rings. The molecule has 0 saturated heterocycles. The summed E-state index contributed by atoms with van der Waals surface area (Å²) in [6, 6.07) is 12.2. The van der Waals surface area contributed by atoms with Crippen LogP contribution in [0.5, 0.6) is 0 Å². The van der Waals surface area contributed by atoms with Crippen LogP contribution < -0.4 is 10.6 Å². The van der Waals surface area contributed by atoms with Crippen molar-refractivity contribution in [2.24, 2.45) is 5.41 Å². The van der Waals surface area contributed by atoms with Gasteiger partial charge in [0, 0.05) is 11.4 Å². The maximum atomic E-state index is 12.5. The molecule has 1 aromatic heterocycles. The number of anilines is 2. The number of rotatable bonds is 4. The first kappa shape index (κ1) is 15.8. The first-order valence-corrected chi connectivity index (χ1v) is 7.81. The van der Waals surface area contributed by atoms with E-state index in [0.717, 1.165) is 12.8 Å². The molecule has 2 aromatic rings. The van der Waals surface area contributed by atoms with Crippen molar-refractivity contribution in [1.82, 2.24) is 0 Å². The van der Waals surface area contributed by atoms with Gasteiger partial charge in [-0.25, -0.2) is 0 Å². The number of amides is 2. The van der Waals surface area contributed by atoms with Crippen molar-refractivity contribution in [2.45, 2.75) is 25.7 Å². The van der Waals surface area contributed by atoms with E-state index in [-0.39, 0.29) is 17.6 Å². The van der Waals surface area contributed by atoms with Crippen LogP contribution >= 0.6 is 0 Å². The van der Waals surface area contributed by atoms with Gasteiger partial charge in [0.1, 0.15) is 5.41 Å². The van der Waals surface area contributed by atoms with Crippen molar-refractivity contribution >= 4 is 23.2 Å². The van der Waals surface area contributed by atoms with Crippen molar-refractivity contribution < 1.29 is 14.0 Å². The second-order valence-electron chi connectivity index (χ2n) is 5.87. The standard InChI is InChI=1S/C18H17N3O3/c19-12-18(8-1-2-9-18)17(23)21-14-6-3-5-13(11-14)20-16(22)15-7-4-10-24-15/h3-7,10-11H,1-2,8-9H2,(H,20,22)(H,21,23). The zero-order valence-electron chi connectivity index (χ0n) is 13.0. The van der Waals surface area contributed by atoms with Gasteiger partial charge in [0.25, 0.3) is 5.91 Å². The molecule has 1 aliphatic carbocycles. The van der Waals surface area contributed by atoms with E-state index >= 15 is 0 Å². The van der Waals surface area contributed by atoms with E-state index < -0.39 is 5.41 Å². The van der Waals surface area contributed by atoms with Crippen molar-refractivity contribution in [3.8, 4) is 6.07 Å². The summed E-state index contributed by atoms with van der Waals surface area (Å²) >= 11 is 0. The minimum Gasteiger partial charge on any atom is -0.459 e. The zero-order chi connectivity index (χ0) is 17.0. The van der Waals surface area contributed by atoms with Crippen LogP contribution in [-0.4, -0.2) is 11.8 Å². The highest BCUT2D eigenvalue weighted by Crippen LogP contribution is 2.38. The number of carbonyl (C=O) groups excluding carboxylic acids is 2. The molecule has 0 unspecified atom stereocenters. The molecular weight excluding hydrogens is 306 g/mol. The molecular formula is C18H17N3O3.